The van der Waals surface area contributed by atoms with Crippen LogP contribution in [0.15, 0.2) is 39.8 Å². The Kier molecular flexibility index (Phi) is 6.88. The van der Waals surface area contributed by atoms with Gasteiger partial charge in [0.15, 0.2) is 0 Å². The van der Waals surface area contributed by atoms with Gasteiger partial charge >= 0.3 is 0 Å². The van der Waals surface area contributed by atoms with Crippen LogP contribution in [0, 0.1) is 0 Å². The first-order chi connectivity index (χ1) is 12.5. The third-order valence-corrected chi connectivity index (χ3v) is 6.16. The summed E-state index contributed by atoms with van der Waals surface area (Å²) in [6.07, 6.45) is 3.03. The number of sulfonamides is 1. The van der Waals surface area contributed by atoms with Crippen LogP contribution in [0.3, 0.4) is 0 Å². The van der Waals surface area contributed by atoms with E-state index in [1.54, 1.807) is 6.07 Å². The molecule has 1 fully saturated rings. The largest absolute Gasteiger partial charge is 0.495 e. The molecule has 0 bridgehead atoms. The van der Waals surface area contributed by atoms with Crippen LogP contribution in [-0.4, -0.2) is 38.8 Å². The topological polar surface area (TPSA) is 115 Å². The predicted molar refractivity (Wildman–Crippen MR) is 103 cm³/mol. The molecule has 0 radical (unpaired) electrons. The highest BCUT2D eigenvalue weighted by molar-refractivity contribution is 7.89. The number of carbonyl (C=O) groups is 1. The minimum Gasteiger partial charge on any atom is -0.495 e. The molecular formula is C17H22ClN3O5S. The second kappa shape index (κ2) is 8.75. The highest BCUT2D eigenvalue weighted by atomic mass is 35.5. The van der Waals surface area contributed by atoms with Crippen molar-refractivity contribution in [1.82, 2.24) is 4.31 Å². The Morgan fingerprint density at radius 3 is 2.59 bits per heavy atom. The number of ether oxygens (including phenoxy) is 1. The van der Waals surface area contributed by atoms with Crippen molar-refractivity contribution in [1.29, 1.82) is 0 Å². The normalized spacial score (nSPS) is 14.6. The van der Waals surface area contributed by atoms with E-state index in [0.29, 0.717) is 30.1 Å². The number of hydrogen-bond acceptors (Lipinski definition) is 6. The van der Waals surface area contributed by atoms with Crippen molar-refractivity contribution in [3.8, 4) is 5.75 Å². The lowest BCUT2D eigenvalue weighted by atomic mass is 10.2. The molecule has 2 aromatic rings. The molecule has 0 spiro atoms. The van der Waals surface area contributed by atoms with E-state index in [9.17, 15) is 13.2 Å². The summed E-state index contributed by atoms with van der Waals surface area (Å²) in [5.74, 6) is 0.301. The number of benzene rings is 1. The van der Waals surface area contributed by atoms with Gasteiger partial charge in [-0.2, -0.15) is 4.31 Å². The quantitative estimate of drug-likeness (QED) is 0.747. The van der Waals surface area contributed by atoms with Crippen LogP contribution in [0.5, 0.6) is 5.75 Å². The van der Waals surface area contributed by atoms with Gasteiger partial charge in [0, 0.05) is 24.8 Å². The zero-order chi connectivity index (χ0) is 18.7. The fourth-order valence-corrected chi connectivity index (χ4v) is 4.49. The third-order valence-electron chi connectivity index (χ3n) is 4.22. The fourth-order valence-electron chi connectivity index (χ4n) is 2.84. The Bertz CT molecular complexity index is 907. The van der Waals surface area contributed by atoms with E-state index in [1.807, 2.05) is 0 Å². The summed E-state index contributed by atoms with van der Waals surface area (Å²) >= 11 is 0. The third kappa shape index (κ3) is 4.44. The molecular weight excluding hydrogens is 394 g/mol. The van der Waals surface area contributed by atoms with Crippen LogP contribution in [0.4, 0.5) is 5.69 Å². The van der Waals surface area contributed by atoms with Crippen molar-refractivity contribution in [2.75, 3.05) is 25.5 Å². The first-order valence-corrected chi connectivity index (χ1v) is 9.66. The summed E-state index contributed by atoms with van der Waals surface area (Å²) in [5, 5.41) is 2.69. The Balaban J connectivity index is 0.00000261. The number of nitrogens with zero attached hydrogens (tertiary/aromatic N) is 1. The molecule has 1 aliphatic heterocycles. The molecule has 10 heteroatoms. The molecule has 0 atom stereocenters. The SMILES string of the molecule is COc1cc(NC(=O)c2coc(CN)c2)ccc1S(=O)(=O)N1CCCC1.Cl. The Morgan fingerprint density at radius 1 is 1.30 bits per heavy atom. The highest BCUT2D eigenvalue weighted by Gasteiger charge is 2.30. The van der Waals surface area contributed by atoms with Gasteiger partial charge in [0.2, 0.25) is 10.0 Å². The van der Waals surface area contributed by atoms with E-state index >= 15 is 0 Å². The zero-order valence-corrected chi connectivity index (χ0v) is 16.4. The first-order valence-electron chi connectivity index (χ1n) is 8.22. The van der Waals surface area contributed by atoms with Gasteiger partial charge in [-0.1, -0.05) is 0 Å². The number of hydrogen-bond donors (Lipinski definition) is 2. The Labute approximate surface area is 164 Å². The molecule has 1 amide bonds. The minimum atomic E-state index is -3.61. The van der Waals surface area contributed by atoms with E-state index in [2.05, 4.69) is 5.32 Å². The van der Waals surface area contributed by atoms with E-state index < -0.39 is 10.0 Å². The zero-order valence-electron chi connectivity index (χ0n) is 14.8. The smallest absolute Gasteiger partial charge is 0.258 e. The number of methoxy groups -OCH3 is 1. The molecule has 2 heterocycles. The van der Waals surface area contributed by atoms with Crippen molar-refractivity contribution in [3.63, 3.8) is 0 Å². The Hall–Kier alpha value is -2.07. The van der Waals surface area contributed by atoms with Crippen LogP contribution < -0.4 is 15.8 Å². The minimum absolute atomic E-state index is 0. The molecule has 1 aliphatic rings. The second-order valence-electron chi connectivity index (χ2n) is 5.94. The van der Waals surface area contributed by atoms with Crippen molar-refractivity contribution in [2.45, 2.75) is 24.3 Å². The lowest BCUT2D eigenvalue weighted by Crippen LogP contribution is -2.28. The number of amides is 1. The van der Waals surface area contributed by atoms with Crippen molar-refractivity contribution < 1.29 is 22.4 Å². The number of furan rings is 1. The van der Waals surface area contributed by atoms with Crippen molar-refractivity contribution >= 4 is 34.0 Å². The maximum Gasteiger partial charge on any atom is 0.258 e. The lowest BCUT2D eigenvalue weighted by molar-refractivity contribution is 0.102. The summed E-state index contributed by atoms with van der Waals surface area (Å²) < 4.78 is 37.3. The van der Waals surface area contributed by atoms with Gasteiger partial charge < -0.3 is 20.2 Å². The number of nitrogens with two attached hydrogens (primary N) is 1. The van der Waals surface area contributed by atoms with Crippen molar-refractivity contribution in [3.05, 3.63) is 41.9 Å². The van der Waals surface area contributed by atoms with Gasteiger partial charge in [-0.05, 0) is 31.0 Å². The van der Waals surface area contributed by atoms with E-state index in [0.717, 1.165) is 12.8 Å². The molecule has 3 N–H and O–H groups in total. The van der Waals surface area contributed by atoms with Gasteiger partial charge in [-0.25, -0.2) is 8.42 Å². The van der Waals surface area contributed by atoms with Gasteiger partial charge in [0.25, 0.3) is 5.91 Å². The number of carbonyl (C=O) groups excluding carboxylic acids is 1. The monoisotopic (exact) mass is 415 g/mol. The number of anilines is 1. The maximum atomic E-state index is 12.7. The summed E-state index contributed by atoms with van der Waals surface area (Å²) in [6.45, 7) is 1.21. The Morgan fingerprint density at radius 2 is 2.00 bits per heavy atom. The van der Waals surface area contributed by atoms with Gasteiger partial charge in [-0.3, -0.25) is 4.79 Å². The summed E-state index contributed by atoms with van der Waals surface area (Å²) in [6, 6.07) is 6.03. The lowest BCUT2D eigenvalue weighted by Gasteiger charge is -2.18. The maximum absolute atomic E-state index is 12.7. The van der Waals surface area contributed by atoms with E-state index in [4.69, 9.17) is 14.9 Å². The molecule has 1 saturated heterocycles. The van der Waals surface area contributed by atoms with Crippen LogP contribution in [0.25, 0.3) is 0 Å². The molecule has 8 nitrogen and oxygen atoms in total. The highest BCUT2D eigenvalue weighted by Crippen LogP contribution is 2.31. The standard InChI is InChI=1S/C17H21N3O5S.ClH/c1-24-15-9-13(19-17(21)12-8-14(10-18)25-11-12)4-5-16(15)26(22,23)20-6-2-3-7-20;/h4-5,8-9,11H,2-3,6-7,10,18H2,1H3,(H,19,21);1H. The van der Waals surface area contributed by atoms with Gasteiger partial charge in [-0.15, -0.1) is 12.4 Å². The van der Waals surface area contributed by atoms with Crippen molar-refractivity contribution in [2.24, 2.45) is 5.73 Å². The summed E-state index contributed by atoms with van der Waals surface area (Å²) in [7, 11) is -2.22. The van der Waals surface area contributed by atoms with E-state index in [1.165, 1.54) is 35.9 Å². The second-order valence-corrected chi connectivity index (χ2v) is 7.84. The summed E-state index contributed by atoms with van der Waals surface area (Å²) in [5.41, 5.74) is 6.21. The molecule has 0 saturated carbocycles. The molecule has 3 rings (SSSR count). The van der Waals surface area contributed by atoms with E-state index in [-0.39, 0.29) is 35.5 Å². The van der Waals surface area contributed by atoms with Crippen LogP contribution in [0.2, 0.25) is 0 Å². The predicted octanol–water partition coefficient (Wildman–Crippen LogP) is 2.21. The average Bonchev–Trinajstić information content (AvgIpc) is 3.33. The summed E-state index contributed by atoms with van der Waals surface area (Å²) in [4.78, 5) is 12.3. The van der Waals surface area contributed by atoms with Gasteiger partial charge in [0.05, 0.1) is 19.2 Å². The molecule has 148 valence electrons. The molecule has 0 aliphatic carbocycles. The number of rotatable bonds is 6. The average molecular weight is 416 g/mol. The first kappa shape index (κ1) is 21.2. The number of halogens is 1. The fraction of sp³-hybridized carbons (Fsp3) is 0.353. The molecule has 1 aromatic heterocycles. The molecule has 1 aromatic carbocycles. The van der Waals surface area contributed by atoms with Crippen LogP contribution in [0.1, 0.15) is 29.0 Å². The van der Waals surface area contributed by atoms with Gasteiger partial charge in [0.1, 0.15) is 22.7 Å². The van der Waals surface area contributed by atoms with Crippen LogP contribution in [-0.2, 0) is 16.6 Å². The molecule has 0 unspecified atom stereocenters. The number of nitrogens with one attached hydrogen (secondary N) is 1. The van der Waals surface area contributed by atoms with Crippen LogP contribution >= 0.6 is 12.4 Å². The molecule has 27 heavy (non-hydrogen) atoms.